The summed E-state index contributed by atoms with van der Waals surface area (Å²) < 4.78 is 15.9. The summed E-state index contributed by atoms with van der Waals surface area (Å²) in [5.74, 6) is -1.63. The van der Waals surface area contributed by atoms with Crippen molar-refractivity contribution in [2.45, 2.75) is 70.0 Å². The minimum absolute atomic E-state index is 0.0370. The van der Waals surface area contributed by atoms with Crippen molar-refractivity contribution in [3.05, 3.63) is 0 Å². The molecule has 1 unspecified atom stereocenters. The molecular formula is C14H24O9. The topological polar surface area (TPSA) is 146 Å². The second-order valence-electron chi connectivity index (χ2n) is 6.29. The summed E-state index contributed by atoms with van der Waals surface area (Å²) in [5.41, 5.74) is 0. The second kappa shape index (κ2) is 6.98. The van der Waals surface area contributed by atoms with Crippen molar-refractivity contribution in [2.24, 2.45) is 11.8 Å². The van der Waals surface area contributed by atoms with Crippen LogP contribution in [-0.4, -0.2) is 80.7 Å². The van der Waals surface area contributed by atoms with Crippen molar-refractivity contribution in [2.75, 3.05) is 0 Å². The molecule has 2 heterocycles. The van der Waals surface area contributed by atoms with E-state index in [2.05, 4.69) is 0 Å². The quantitative estimate of drug-likeness (QED) is 0.406. The van der Waals surface area contributed by atoms with Crippen LogP contribution in [0.3, 0.4) is 0 Å². The minimum atomic E-state index is -1.79. The lowest BCUT2D eigenvalue weighted by Crippen LogP contribution is -2.62. The molecule has 2 aliphatic heterocycles. The second-order valence-corrected chi connectivity index (χ2v) is 6.29. The van der Waals surface area contributed by atoms with E-state index in [-0.39, 0.29) is 17.9 Å². The number of carbonyl (C=O) groups is 1. The van der Waals surface area contributed by atoms with Gasteiger partial charge in [-0.3, -0.25) is 0 Å². The van der Waals surface area contributed by atoms with E-state index in [4.69, 9.17) is 19.3 Å². The molecule has 0 amide bonds. The molecular weight excluding hydrogens is 312 g/mol. The molecule has 0 radical (unpaired) electrons. The number of carboxylic acid groups (broad SMARTS) is 1. The van der Waals surface area contributed by atoms with Crippen LogP contribution in [0.2, 0.25) is 0 Å². The average molecular weight is 336 g/mol. The van der Waals surface area contributed by atoms with Gasteiger partial charge < -0.3 is 39.7 Å². The first-order valence-electron chi connectivity index (χ1n) is 7.56. The van der Waals surface area contributed by atoms with E-state index in [0.717, 1.165) is 0 Å². The van der Waals surface area contributed by atoms with E-state index in [1.54, 1.807) is 0 Å². The molecule has 9 heteroatoms. The smallest absolute Gasteiger partial charge is 0.335 e. The third-order valence-corrected chi connectivity index (χ3v) is 4.83. The molecule has 0 aliphatic carbocycles. The van der Waals surface area contributed by atoms with Crippen molar-refractivity contribution in [3.63, 3.8) is 0 Å². The number of carboxylic acids is 1. The fourth-order valence-electron chi connectivity index (χ4n) is 2.92. The molecule has 2 saturated heterocycles. The maximum atomic E-state index is 11.1. The molecule has 23 heavy (non-hydrogen) atoms. The Morgan fingerprint density at radius 3 is 2.09 bits per heavy atom. The van der Waals surface area contributed by atoms with Gasteiger partial charge in [0.1, 0.15) is 24.4 Å². The number of aliphatic hydroxyl groups is 4. The summed E-state index contributed by atoms with van der Waals surface area (Å²) in [6.07, 6.45) is -10.8. The molecule has 0 aromatic heterocycles. The van der Waals surface area contributed by atoms with Crippen LogP contribution in [0.15, 0.2) is 0 Å². The summed E-state index contributed by atoms with van der Waals surface area (Å²) in [6, 6.07) is 0. The summed E-state index contributed by atoms with van der Waals surface area (Å²) in [5, 5.41) is 48.4. The molecule has 0 aromatic carbocycles. The van der Waals surface area contributed by atoms with E-state index in [9.17, 15) is 25.2 Å². The molecule has 0 spiro atoms. The van der Waals surface area contributed by atoms with Crippen LogP contribution in [0.1, 0.15) is 20.8 Å². The molecule has 10 atom stereocenters. The molecule has 2 rings (SSSR count). The number of ether oxygens (including phenoxy) is 3. The first-order chi connectivity index (χ1) is 10.6. The summed E-state index contributed by atoms with van der Waals surface area (Å²) in [4.78, 5) is 11.1. The minimum Gasteiger partial charge on any atom is -0.479 e. The normalized spacial score (nSPS) is 51.4. The molecule has 9 nitrogen and oxygen atoms in total. The Balaban J connectivity index is 2.12. The highest BCUT2D eigenvalue weighted by Crippen LogP contribution is 2.34. The Kier molecular flexibility index (Phi) is 5.62. The molecule has 2 aliphatic rings. The Labute approximate surface area is 133 Å². The van der Waals surface area contributed by atoms with Gasteiger partial charge in [-0.15, -0.1) is 0 Å². The number of aliphatic hydroxyl groups excluding tert-OH is 4. The zero-order valence-electron chi connectivity index (χ0n) is 13.1. The Hall–Kier alpha value is -0.810. The zero-order chi connectivity index (χ0) is 17.5. The van der Waals surface area contributed by atoms with Gasteiger partial charge in [-0.2, -0.15) is 0 Å². The van der Waals surface area contributed by atoms with Crippen LogP contribution in [-0.2, 0) is 19.0 Å². The van der Waals surface area contributed by atoms with E-state index in [0.29, 0.717) is 0 Å². The van der Waals surface area contributed by atoms with Gasteiger partial charge in [0.25, 0.3) is 0 Å². The van der Waals surface area contributed by atoms with Crippen molar-refractivity contribution >= 4 is 5.97 Å². The van der Waals surface area contributed by atoms with Gasteiger partial charge in [-0.1, -0.05) is 13.8 Å². The fourth-order valence-corrected chi connectivity index (χ4v) is 2.92. The molecule has 0 saturated carbocycles. The lowest BCUT2D eigenvalue weighted by molar-refractivity contribution is -0.344. The van der Waals surface area contributed by atoms with Crippen LogP contribution in [0, 0.1) is 11.8 Å². The number of rotatable bonds is 3. The van der Waals surface area contributed by atoms with Crippen LogP contribution in [0.5, 0.6) is 0 Å². The van der Waals surface area contributed by atoms with Gasteiger partial charge in [-0.25, -0.2) is 4.79 Å². The molecule has 0 aromatic rings. The fraction of sp³-hybridized carbons (Fsp3) is 0.929. The van der Waals surface area contributed by atoms with Crippen molar-refractivity contribution < 1.29 is 44.5 Å². The number of hydrogen-bond acceptors (Lipinski definition) is 8. The van der Waals surface area contributed by atoms with Crippen molar-refractivity contribution in [1.82, 2.24) is 0 Å². The van der Waals surface area contributed by atoms with Gasteiger partial charge >= 0.3 is 5.97 Å². The average Bonchev–Trinajstić information content (AvgIpc) is 2.48. The molecule has 0 bridgehead atoms. The third kappa shape index (κ3) is 3.50. The predicted molar refractivity (Wildman–Crippen MR) is 74.1 cm³/mol. The maximum absolute atomic E-state index is 11.1. The van der Waals surface area contributed by atoms with Crippen molar-refractivity contribution in [1.29, 1.82) is 0 Å². The third-order valence-electron chi connectivity index (χ3n) is 4.83. The van der Waals surface area contributed by atoms with Crippen molar-refractivity contribution in [3.8, 4) is 0 Å². The van der Waals surface area contributed by atoms with E-state index < -0.39 is 49.1 Å². The maximum Gasteiger partial charge on any atom is 0.335 e. The molecule has 134 valence electrons. The van der Waals surface area contributed by atoms with E-state index in [1.165, 1.54) is 0 Å². The zero-order valence-corrected chi connectivity index (χ0v) is 13.1. The van der Waals surface area contributed by atoms with Crippen LogP contribution < -0.4 is 0 Å². The predicted octanol–water partition coefficient (Wildman–Crippen LogP) is -1.73. The number of aliphatic carboxylic acids is 1. The lowest BCUT2D eigenvalue weighted by atomic mass is 9.84. The summed E-state index contributed by atoms with van der Waals surface area (Å²) in [7, 11) is 0. The summed E-state index contributed by atoms with van der Waals surface area (Å²) >= 11 is 0. The van der Waals surface area contributed by atoms with Gasteiger partial charge in [0.05, 0.1) is 6.10 Å². The largest absolute Gasteiger partial charge is 0.479 e. The molecule has 5 N–H and O–H groups in total. The van der Waals surface area contributed by atoms with Gasteiger partial charge in [0.15, 0.2) is 18.7 Å². The van der Waals surface area contributed by atoms with E-state index in [1.807, 2.05) is 20.8 Å². The highest BCUT2D eigenvalue weighted by Gasteiger charge is 2.50. The molecule has 2 fully saturated rings. The number of hydrogen-bond donors (Lipinski definition) is 5. The van der Waals surface area contributed by atoms with Gasteiger partial charge in [0, 0.05) is 0 Å². The standard InChI is InChI=1S/C14H24O9/c1-4-5(2)10(13(20)21-6(4)3)22-14-9(17)7(15)8(16)11(23-14)12(18)19/h4-11,13-17,20H,1-3H3,(H,18,19)/t4-,5+,6-,7-,8-,9-,10-,11?,13-,14+/m0/s1. The van der Waals surface area contributed by atoms with Crippen LogP contribution in [0.25, 0.3) is 0 Å². The van der Waals surface area contributed by atoms with Gasteiger partial charge in [0.2, 0.25) is 0 Å². The highest BCUT2D eigenvalue weighted by molar-refractivity contribution is 5.73. The Morgan fingerprint density at radius 1 is 0.913 bits per heavy atom. The van der Waals surface area contributed by atoms with Gasteiger partial charge in [-0.05, 0) is 18.8 Å². The SMILES string of the molecule is C[C@@H]1[C@H](C)[C@H](C)O[C@H](O)[C@H]1O[C@@H]1OC(C(=O)O)[C@@H](O)[C@H](O)[C@@H]1O. The van der Waals surface area contributed by atoms with Crippen LogP contribution in [0.4, 0.5) is 0 Å². The van der Waals surface area contributed by atoms with E-state index >= 15 is 0 Å². The monoisotopic (exact) mass is 336 g/mol. The Bertz CT molecular complexity index is 430. The highest BCUT2D eigenvalue weighted by atomic mass is 16.7. The summed E-state index contributed by atoms with van der Waals surface area (Å²) in [6.45, 7) is 5.55. The first-order valence-corrected chi connectivity index (χ1v) is 7.56. The van der Waals surface area contributed by atoms with Crippen LogP contribution >= 0.6 is 0 Å². The first kappa shape index (κ1) is 18.5. The lowest BCUT2D eigenvalue weighted by Gasteiger charge is -2.45. The Morgan fingerprint density at radius 2 is 1.52 bits per heavy atom.